The number of hydrogen-bond donors (Lipinski definition) is 0. The molecule has 0 fully saturated rings. The van der Waals surface area contributed by atoms with E-state index in [0.717, 1.165) is 0 Å². The van der Waals surface area contributed by atoms with Crippen molar-refractivity contribution in [1.29, 1.82) is 10.5 Å². The number of carbonyl (C=O) groups is 2. The summed E-state index contributed by atoms with van der Waals surface area (Å²) < 4.78 is 10.0. The SMILES string of the molecule is CCOC(=O)C(C(C)=O)C(c1ccc(OC)cc1)C(C#N)C#N. The summed E-state index contributed by atoms with van der Waals surface area (Å²) in [5, 5.41) is 18.5. The van der Waals surface area contributed by atoms with E-state index in [4.69, 9.17) is 9.47 Å². The fourth-order valence-corrected chi connectivity index (χ4v) is 2.39. The van der Waals surface area contributed by atoms with Crippen LogP contribution in [0.5, 0.6) is 5.75 Å². The van der Waals surface area contributed by atoms with Crippen molar-refractivity contribution in [3.05, 3.63) is 29.8 Å². The second-order valence-electron chi connectivity index (χ2n) is 4.88. The van der Waals surface area contributed by atoms with Gasteiger partial charge in [0.15, 0.2) is 0 Å². The third-order valence-electron chi connectivity index (χ3n) is 3.48. The van der Waals surface area contributed by atoms with Gasteiger partial charge in [0.1, 0.15) is 23.4 Å². The summed E-state index contributed by atoms with van der Waals surface area (Å²) in [7, 11) is 1.51. The quantitative estimate of drug-likeness (QED) is 0.565. The van der Waals surface area contributed by atoms with Crippen LogP contribution in [0, 0.1) is 34.5 Å². The number of hydrogen-bond acceptors (Lipinski definition) is 6. The van der Waals surface area contributed by atoms with Crippen molar-refractivity contribution in [2.45, 2.75) is 19.8 Å². The van der Waals surface area contributed by atoms with Gasteiger partial charge < -0.3 is 9.47 Å². The van der Waals surface area contributed by atoms with Crippen molar-refractivity contribution < 1.29 is 19.1 Å². The summed E-state index contributed by atoms with van der Waals surface area (Å²) in [6, 6.07) is 10.3. The largest absolute Gasteiger partial charge is 0.497 e. The maximum absolute atomic E-state index is 12.2. The molecule has 0 saturated heterocycles. The molecule has 0 heterocycles. The van der Waals surface area contributed by atoms with Gasteiger partial charge in [-0.15, -0.1) is 0 Å². The first-order valence-electron chi connectivity index (χ1n) is 7.10. The first kappa shape index (κ1) is 18.2. The van der Waals surface area contributed by atoms with Gasteiger partial charge in [0.2, 0.25) is 0 Å². The number of methoxy groups -OCH3 is 1. The Kier molecular flexibility index (Phi) is 6.76. The van der Waals surface area contributed by atoms with Gasteiger partial charge in [-0.05, 0) is 31.5 Å². The third-order valence-corrected chi connectivity index (χ3v) is 3.48. The minimum atomic E-state index is -1.20. The van der Waals surface area contributed by atoms with Gasteiger partial charge in [-0.1, -0.05) is 12.1 Å². The number of ketones is 1. The summed E-state index contributed by atoms with van der Waals surface area (Å²) >= 11 is 0. The van der Waals surface area contributed by atoms with Crippen molar-refractivity contribution in [2.24, 2.45) is 11.8 Å². The Labute approximate surface area is 135 Å². The van der Waals surface area contributed by atoms with Crippen molar-refractivity contribution in [2.75, 3.05) is 13.7 Å². The molecule has 0 aliphatic rings. The molecule has 0 radical (unpaired) electrons. The van der Waals surface area contributed by atoms with E-state index in [1.54, 1.807) is 31.2 Å². The predicted octanol–water partition coefficient (Wildman–Crippen LogP) is 2.21. The Morgan fingerprint density at radius 3 is 2.13 bits per heavy atom. The number of nitrogens with zero attached hydrogens (tertiary/aromatic N) is 2. The first-order chi connectivity index (χ1) is 11.0. The molecular formula is C17H18N2O4. The molecule has 0 aliphatic heterocycles. The molecule has 23 heavy (non-hydrogen) atoms. The third kappa shape index (κ3) is 4.31. The molecule has 0 aliphatic carbocycles. The van der Waals surface area contributed by atoms with Gasteiger partial charge in [0.25, 0.3) is 0 Å². The highest BCUT2D eigenvalue weighted by molar-refractivity contribution is 5.99. The summed E-state index contributed by atoms with van der Waals surface area (Å²) in [6.07, 6.45) is 0. The zero-order valence-corrected chi connectivity index (χ0v) is 13.3. The van der Waals surface area contributed by atoms with Crippen molar-refractivity contribution in [1.82, 2.24) is 0 Å². The summed E-state index contributed by atoms with van der Waals surface area (Å²) in [6.45, 7) is 3.00. The van der Waals surface area contributed by atoms with Crippen molar-refractivity contribution in [3.63, 3.8) is 0 Å². The Bertz CT molecular complexity index is 626. The van der Waals surface area contributed by atoms with E-state index in [1.165, 1.54) is 14.0 Å². The number of Topliss-reactive ketones (excluding diaryl/α,β-unsaturated/α-hetero) is 1. The van der Waals surface area contributed by atoms with Crippen LogP contribution in [0.1, 0.15) is 25.3 Å². The zero-order chi connectivity index (χ0) is 17.4. The Morgan fingerprint density at radius 1 is 1.17 bits per heavy atom. The lowest BCUT2D eigenvalue weighted by atomic mass is 9.76. The first-order valence-corrected chi connectivity index (χ1v) is 7.10. The molecule has 1 aromatic carbocycles. The highest BCUT2D eigenvalue weighted by Gasteiger charge is 2.40. The number of ether oxygens (including phenoxy) is 2. The molecule has 6 nitrogen and oxygen atoms in total. The van der Waals surface area contributed by atoms with Crippen molar-refractivity contribution in [3.8, 4) is 17.9 Å². The maximum Gasteiger partial charge on any atom is 0.317 e. The van der Waals surface area contributed by atoms with Gasteiger partial charge in [-0.3, -0.25) is 9.59 Å². The summed E-state index contributed by atoms with van der Waals surface area (Å²) in [4.78, 5) is 24.2. The minimum Gasteiger partial charge on any atom is -0.497 e. The summed E-state index contributed by atoms with van der Waals surface area (Å²) in [5.74, 6) is -3.83. The van der Waals surface area contributed by atoms with Gasteiger partial charge in [0, 0.05) is 5.92 Å². The lowest BCUT2D eigenvalue weighted by molar-refractivity contribution is -0.152. The van der Waals surface area contributed by atoms with Crippen LogP contribution in [0.25, 0.3) is 0 Å². The Morgan fingerprint density at radius 2 is 1.74 bits per heavy atom. The van der Waals surface area contributed by atoms with E-state index in [1.807, 2.05) is 12.1 Å². The van der Waals surface area contributed by atoms with Crippen LogP contribution in [0.15, 0.2) is 24.3 Å². The van der Waals surface area contributed by atoms with Gasteiger partial charge in [0.05, 0.1) is 25.9 Å². The van der Waals surface area contributed by atoms with Gasteiger partial charge in [-0.25, -0.2) is 0 Å². The Balaban J connectivity index is 3.37. The molecular weight excluding hydrogens is 296 g/mol. The van der Waals surface area contributed by atoms with Gasteiger partial charge in [-0.2, -0.15) is 10.5 Å². The second kappa shape index (κ2) is 8.55. The zero-order valence-electron chi connectivity index (χ0n) is 13.3. The monoisotopic (exact) mass is 314 g/mol. The van der Waals surface area contributed by atoms with E-state index in [2.05, 4.69) is 0 Å². The van der Waals surface area contributed by atoms with Crippen LogP contribution in [-0.2, 0) is 14.3 Å². The molecule has 0 N–H and O–H groups in total. The number of rotatable bonds is 7. The molecule has 0 spiro atoms. The molecule has 0 amide bonds. The molecule has 2 atom stereocenters. The average Bonchev–Trinajstić information content (AvgIpc) is 2.55. The molecule has 1 rings (SSSR count). The number of benzene rings is 1. The van der Waals surface area contributed by atoms with E-state index in [-0.39, 0.29) is 6.61 Å². The fourth-order valence-electron chi connectivity index (χ4n) is 2.39. The average molecular weight is 314 g/mol. The highest BCUT2D eigenvalue weighted by Crippen LogP contribution is 2.34. The fraction of sp³-hybridized carbons (Fsp3) is 0.412. The van der Waals surface area contributed by atoms with Crippen LogP contribution in [0.4, 0.5) is 0 Å². The molecule has 120 valence electrons. The number of esters is 1. The molecule has 1 aromatic rings. The molecule has 0 saturated carbocycles. The number of nitriles is 2. The smallest absolute Gasteiger partial charge is 0.317 e. The topological polar surface area (TPSA) is 100 Å². The lowest BCUT2D eigenvalue weighted by Crippen LogP contribution is -2.33. The second-order valence-corrected chi connectivity index (χ2v) is 4.88. The van der Waals surface area contributed by atoms with E-state index >= 15 is 0 Å². The van der Waals surface area contributed by atoms with Gasteiger partial charge >= 0.3 is 5.97 Å². The normalized spacial score (nSPS) is 12.6. The van der Waals surface area contributed by atoms with Crippen LogP contribution in [0.2, 0.25) is 0 Å². The van der Waals surface area contributed by atoms with Crippen LogP contribution in [0.3, 0.4) is 0 Å². The summed E-state index contributed by atoms with van der Waals surface area (Å²) in [5.41, 5.74) is 0.534. The Hall–Kier alpha value is -2.86. The van der Waals surface area contributed by atoms with E-state index < -0.39 is 29.5 Å². The minimum absolute atomic E-state index is 0.113. The molecule has 2 unspecified atom stereocenters. The standard InChI is InChI=1S/C17H18N2O4/c1-4-23-17(21)15(11(2)20)16(13(9-18)10-19)12-5-7-14(22-3)8-6-12/h5-8,13,15-16H,4H2,1-3H3. The molecule has 6 heteroatoms. The van der Waals surface area contributed by atoms with E-state index in [9.17, 15) is 20.1 Å². The van der Waals surface area contributed by atoms with Crippen molar-refractivity contribution >= 4 is 11.8 Å². The lowest BCUT2D eigenvalue weighted by Gasteiger charge is -2.24. The van der Waals surface area contributed by atoms with Crippen LogP contribution >= 0.6 is 0 Å². The number of carbonyl (C=O) groups excluding carboxylic acids is 2. The van der Waals surface area contributed by atoms with Crippen LogP contribution in [-0.4, -0.2) is 25.5 Å². The molecule has 0 bridgehead atoms. The molecule has 0 aromatic heterocycles. The highest BCUT2D eigenvalue weighted by atomic mass is 16.5. The predicted molar refractivity (Wildman–Crippen MR) is 81.3 cm³/mol. The maximum atomic E-state index is 12.2. The van der Waals surface area contributed by atoms with Crippen LogP contribution < -0.4 is 4.74 Å². The van der Waals surface area contributed by atoms with E-state index in [0.29, 0.717) is 11.3 Å².